The second kappa shape index (κ2) is 11.2. The van der Waals surface area contributed by atoms with Crippen LogP contribution in [0.25, 0.3) is 69.6 Å². The zero-order valence-electron chi connectivity index (χ0n) is 26.6. The Morgan fingerprint density at radius 1 is 0.469 bits per heavy atom. The number of para-hydroxylation sites is 3. The fourth-order valence-corrected chi connectivity index (χ4v) is 8.84. The van der Waals surface area contributed by atoms with Crippen LogP contribution in [0.4, 0.5) is 17.1 Å². The molecule has 0 unspecified atom stereocenters. The molecule has 230 valence electrons. The lowest BCUT2D eigenvalue weighted by Crippen LogP contribution is -2.10. The third kappa shape index (κ3) is 4.40. The molecule has 0 spiro atoms. The van der Waals surface area contributed by atoms with Gasteiger partial charge in [-0.15, -0.1) is 11.3 Å². The van der Waals surface area contributed by atoms with Gasteiger partial charge in [-0.3, -0.25) is 0 Å². The maximum atomic E-state index is 2.49. The largest absolute Gasteiger partial charge is 0.310 e. The van der Waals surface area contributed by atoms with Crippen LogP contribution in [0.3, 0.4) is 0 Å². The maximum Gasteiger partial charge on any atom is 0.0640 e. The van der Waals surface area contributed by atoms with E-state index in [1.807, 2.05) is 11.3 Å². The van der Waals surface area contributed by atoms with Gasteiger partial charge in [0.15, 0.2) is 0 Å². The Balaban J connectivity index is 1.35. The number of fused-ring (bicyclic) bond motifs is 8. The monoisotopic (exact) mass is 642 g/mol. The van der Waals surface area contributed by atoms with Crippen LogP contribution in [-0.2, 0) is 0 Å². The van der Waals surface area contributed by atoms with E-state index in [9.17, 15) is 0 Å². The van der Waals surface area contributed by atoms with E-state index >= 15 is 0 Å². The van der Waals surface area contributed by atoms with Crippen molar-refractivity contribution in [3.05, 3.63) is 182 Å². The molecule has 49 heavy (non-hydrogen) atoms. The average molecular weight is 643 g/mol. The SMILES string of the molecule is c1ccc(N(c2ccccc2)c2cc3ccccc3c3c2c2ccc(-c4cccc5c4sc4ccccc45)cc2n3-c2ccccc2)cc1. The van der Waals surface area contributed by atoms with Crippen LogP contribution in [0.1, 0.15) is 0 Å². The number of rotatable bonds is 5. The van der Waals surface area contributed by atoms with Gasteiger partial charge >= 0.3 is 0 Å². The molecule has 0 fully saturated rings. The highest BCUT2D eigenvalue weighted by Gasteiger charge is 2.24. The van der Waals surface area contributed by atoms with Gasteiger partial charge in [0.25, 0.3) is 0 Å². The molecule has 10 aromatic rings. The summed E-state index contributed by atoms with van der Waals surface area (Å²) in [7, 11) is 0. The van der Waals surface area contributed by atoms with Crippen LogP contribution < -0.4 is 4.90 Å². The van der Waals surface area contributed by atoms with Crippen LogP contribution in [0.2, 0.25) is 0 Å². The molecule has 0 amide bonds. The third-order valence-corrected chi connectivity index (χ3v) is 11.0. The van der Waals surface area contributed by atoms with E-state index in [2.05, 4.69) is 191 Å². The molecule has 0 radical (unpaired) electrons. The van der Waals surface area contributed by atoms with E-state index in [0.717, 1.165) is 22.7 Å². The van der Waals surface area contributed by atoms with Gasteiger partial charge in [-0.2, -0.15) is 0 Å². The summed E-state index contributed by atoms with van der Waals surface area (Å²) in [6, 6.07) is 66.1. The van der Waals surface area contributed by atoms with E-state index in [0.29, 0.717) is 0 Å². The summed E-state index contributed by atoms with van der Waals surface area (Å²) in [5.74, 6) is 0. The summed E-state index contributed by atoms with van der Waals surface area (Å²) in [6.07, 6.45) is 0. The number of hydrogen-bond donors (Lipinski definition) is 0. The Bertz CT molecular complexity index is 2770. The molecule has 0 aliphatic carbocycles. The minimum absolute atomic E-state index is 1.12. The number of nitrogens with zero attached hydrogens (tertiary/aromatic N) is 2. The molecule has 2 heterocycles. The molecule has 0 saturated heterocycles. The summed E-state index contributed by atoms with van der Waals surface area (Å²) < 4.78 is 5.14. The first-order valence-electron chi connectivity index (χ1n) is 16.7. The van der Waals surface area contributed by atoms with Crippen molar-refractivity contribution in [3.63, 3.8) is 0 Å². The molecule has 0 bridgehead atoms. The normalized spacial score (nSPS) is 11.7. The van der Waals surface area contributed by atoms with Gasteiger partial charge in [-0.05, 0) is 71.1 Å². The predicted octanol–water partition coefficient (Wildman–Crippen LogP) is 13.4. The van der Waals surface area contributed by atoms with Crippen molar-refractivity contribution in [2.75, 3.05) is 4.90 Å². The molecule has 8 aromatic carbocycles. The van der Waals surface area contributed by atoms with Gasteiger partial charge in [0.05, 0.1) is 16.7 Å². The quantitative estimate of drug-likeness (QED) is 0.181. The van der Waals surface area contributed by atoms with E-state index in [1.165, 1.54) is 63.9 Å². The molecule has 3 heteroatoms. The standard InChI is InChI=1S/C46H30N2S/c1-4-16-33(17-5-1)47(34-18-6-2-7-19-34)42-30-31-15-10-11-22-36(31)45-44(42)40-28-27-32(29-41(40)48(45)35-20-8-3-9-21-35)37-24-14-25-39-38-23-12-13-26-43(38)49-46(37)39/h1-30H. The highest BCUT2D eigenvalue weighted by Crippen LogP contribution is 2.48. The molecule has 0 aliphatic rings. The van der Waals surface area contributed by atoms with E-state index in [-0.39, 0.29) is 0 Å². The van der Waals surface area contributed by atoms with Crippen molar-refractivity contribution < 1.29 is 0 Å². The zero-order chi connectivity index (χ0) is 32.3. The molecule has 2 nitrogen and oxygen atoms in total. The summed E-state index contributed by atoms with van der Waals surface area (Å²) in [5.41, 5.74) is 9.44. The van der Waals surface area contributed by atoms with Crippen molar-refractivity contribution in [2.24, 2.45) is 0 Å². The highest BCUT2D eigenvalue weighted by molar-refractivity contribution is 7.26. The lowest BCUT2D eigenvalue weighted by molar-refractivity contribution is 1.19. The maximum absolute atomic E-state index is 2.49. The lowest BCUT2D eigenvalue weighted by atomic mass is 9.99. The molecule has 0 saturated carbocycles. The van der Waals surface area contributed by atoms with Crippen LogP contribution in [0, 0.1) is 0 Å². The number of aromatic nitrogens is 1. The van der Waals surface area contributed by atoms with Gasteiger partial charge in [0, 0.05) is 53.4 Å². The third-order valence-electron chi connectivity index (χ3n) is 9.73. The van der Waals surface area contributed by atoms with Gasteiger partial charge in [0.1, 0.15) is 0 Å². The fraction of sp³-hybridized carbons (Fsp3) is 0. The number of hydrogen-bond acceptors (Lipinski definition) is 2. The van der Waals surface area contributed by atoms with E-state index in [1.54, 1.807) is 0 Å². The molecule has 0 atom stereocenters. The number of anilines is 3. The Labute approximate surface area is 288 Å². The highest BCUT2D eigenvalue weighted by atomic mass is 32.1. The molecular weight excluding hydrogens is 613 g/mol. The molecule has 0 aliphatic heterocycles. The number of thiophene rings is 1. The smallest absolute Gasteiger partial charge is 0.0640 e. The Morgan fingerprint density at radius 3 is 1.86 bits per heavy atom. The van der Waals surface area contributed by atoms with Crippen LogP contribution in [0.15, 0.2) is 182 Å². The molecule has 10 rings (SSSR count). The first kappa shape index (κ1) is 27.9. The molecule has 0 N–H and O–H groups in total. The summed E-state index contributed by atoms with van der Waals surface area (Å²) in [4.78, 5) is 2.41. The van der Waals surface area contributed by atoms with Gasteiger partial charge in [0.2, 0.25) is 0 Å². The minimum atomic E-state index is 1.12. The Hall–Kier alpha value is -6.16. The fourth-order valence-electron chi connectivity index (χ4n) is 7.61. The Kier molecular flexibility index (Phi) is 6.39. The van der Waals surface area contributed by atoms with Crippen molar-refractivity contribution >= 4 is 81.1 Å². The molecular formula is C46H30N2S. The second-order valence-corrected chi connectivity index (χ2v) is 13.6. The van der Waals surface area contributed by atoms with Crippen molar-refractivity contribution in [2.45, 2.75) is 0 Å². The topological polar surface area (TPSA) is 8.17 Å². The first-order valence-corrected chi connectivity index (χ1v) is 17.5. The van der Waals surface area contributed by atoms with Gasteiger partial charge in [-0.25, -0.2) is 0 Å². The van der Waals surface area contributed by atoms with Gasteiger partial charge < -0.3 is 9.47 Å². The van der Waals surface area contributed by atoms with Crippen LogP contribution in [-0.4, -0.2) is 4.57 Å². The van der Waals surface area contributed by atoms with E-state index in [4.69, 9.17) is 0 Å². The van der Waals surface area contributed by atoms with Gasteiger partial charge in [-0.1, -0.05) is 127 Å². The molecule has 2 aromatic heterocycles. The predicted molar refractivity (Wildman–Crippen MR) is 211 cm³/mol. The first-order chi connectivity index (χ1) is 24.3. The minimum Gasteiger partial charge on any atom is -0.310 e. The number of benzene rings is 8. The summed E-state index contributed by atoms with van der Waals surface area (Å²) in [6.45, 7) is 0. The second-order valence-electron chi connectivity index (χ2n) is 12.5. The lowest BCUT2D eigenvalue weighted by Gasteiger charge is -2.27. The summed E-state index contributed by atoms with van der Waals surface area (Å²) >= 11 is 1.88. The van der Waals surface area contributed by atoms with Crippen molar-refractivity contribution in [1.82, 2.24) is 4.57 Å². The van der Waals surface area contributed by atoms with Crippen LogP contribution >= 0.6 is 11.3 Å². The van der Waals surface area contributed by atoms with E-state index < -0.39 is 0 Å². The average Bonchev–Trinajstić information content (AvgIpc) is 3.72. The Morgan fingerprint density at radius 2 is 1.10 bits per heavy atom. The van der Waals surface area contributed by atoms with Crippen molar-refractivity contribution in [3.8, 4) is 16.8 Å². The van der Waals surface area contributed by atoms with Crippen molar-refractivity contribution in [1.29, 1.82) is 0 Å². The van der Waals surface area contributed by atoms with Crippen LogP contribution in [0.5, 0.6) is 0 Å². The summed E-state index contributed by atoms with van der Waals surface area (Å²) in [5, 5.41) is 7.53. The zero-order valence-corrected chi connectivity index (χ0v) is 27.4.